The first kappa shape index (κ1) is 19.5. The Balaban J connectivity index is 1.77. The van der Waals surface area contributed by atoms with Crippen molar-refractivity contribution in [2.75, 3.05) is 25.5 Å². The van der Waals surface area contributed by atoms with Gasteiger partial charge in [-0.2, -0.15) is 0 Å². The van der Waals surface area contributed by atoms with Crippen LogP contribution in [0.5, 0.6) is 5.75 Å². The number of likely N-dealkylation sites (tertiary alicyclic amines) is 1. The van der Waals surface area contributed by atoms with Crippen molar-refractivity contribution in [3.8, 4) is 16.9 Å². The monoisotopic (exact) mass is 379 g/mol. The van der Waals surface area contributed by atoms with Crippen LogP contribution in [0.3, 0.4) is 0 Å². The van der Waals surface area contributed by atoms with Crippen LogP contribution in [0.4, 0.5) is 10.5 Å². The first-order chi connectivity index (χ1) is 13.6. The van der Waals surface area contributed by atoms with Crippen LogP contribution in [0.15, 0.2) is 61.2 Å². The number of urea groups is 1. The lowest BCUT2D eigenvalue weighted by Gasteiger charge is -2.24. The van der Waals surface area contributed by atoms with Crippen LogP contribution in [-0.2, 0) is 4.79 Å². The fraction of sp³-hybridized carbons (Fsp3) is 0.273. The Morgan fingerprint density at radius 2 is 1.96 bits per heavy atom. The molecule has 2 aromatic carbocycles. The molecule has 1 aliphatic rings. The van der Waals surface area contributed by atoms with Crippen LogP contribution in [0.25, 0.3) is 11.1 Å². The molecule has 0 unspecified atom stereocenters. The van der Waals surface area contributed by atoms with E-state index in [1.165, 1.54) is 0 Å². The lowest BCUT2D eigenvalue weighted by molar-refractivity contribution is -0.119. The Bertz CT molecular complexity index is 848. The van der Waals surface area contributed by atoms with E-state index >= 15 is 0 Å². The van der Waals surface area contributed by atoms with Gasteiger partial charge in [-0.15, -0.1) is 6.58 Å². The van der Waals surface area contributed by atoms with Crippen molar-refractivity contribution in [3.63, 3.8) is 0 Å². The van der Waals surface area contributed by atoms with Gasteiger partial charge in [-0.3, -0.25) is 4.79 Å². The van der Waals surface area contributed by atoms with Gasteiger partial charge >= 0.3 is 6.03 Å². The first-order valence-electron chi connectivity index (χ1n) is 9.33. The van der Waals surface area contributed by atoms with Crippen LogP contribution < -0.4 is 15.4 Å². The number of benzene rings is 2. The molecular formula is C22H25N3O3. The molecule has 2 aromatic rings. The number of para-hydroxylation sites is 1. The fourth-order valence-electron chi connectivity index (χ4n) is 3.37. The molecule has 1 aliphatic heterocycles. The summed E-state index contributed by atoms with van der Waals surface area (Å²) in [5, 5.41) is 5.76. The molecule has 3 rings (SSSR count). The van der Waals surface area contributed by atoms with Gasteiger partial charge in [0.1, 0.15) is 11.8 Å². The molecule has 2 N–H and O–H groups in total. The number of hydrogen-bond acceptors (Lipinski definition) is 3. The molecule has 28 heavy (non-hydrogen) atoms. The topological polar surface area (TPSA) is 70.7 Å². The number of rotatable bonds is 6. The molecule has 0 bridgehead atoms. The second-order valence-electron chi connectivity index (χ2n) is 6.59. The molecule has 3 amide bonds. The van der Waals surface area contributed by atoms with E-state index in [9.17, 15) is 9.59 Å². The average molecular weight is 379 g/mol. The van der Waals surface area contributed by atoms with Crippen LogP contribution in [0.1, 0.15) is 12.8 Å². The van der Waals surface area contributed by atoms with Crippen LogP contribution >= 0.6 is 0 Å². The van der Waals surface area contributed by atoms with E-state index in [2.05, 4.69) is 17.2 Å². The van der Waals surface area contributed by atoms with E-state index in [1.807, 2.05) is 48.5 Å². The Morgan fingerprint density at radius 1 is 1.21 bits per heavy atom. The van der Waals surface area contributed by atoms with Crippen molar-refractivity contribution in [1.29, 1.82) is 0 Å². The number of hydrogen-bond donors (Lipinski definition) is 2. The van der Waals surface area contributed by atoms with Crippen molar-refractivity contribution < 1.29 is 14.3 Å². The summed E-state index contributed by atoms with van der Waals surface area (Å²) in [6.45, 7) is 4.55. The third-order valence-electron chi connectivity index (χ3n) is 4.80. The van der Waals surface area contributed by atoms with Crippen LogP contribution in [-0.4, -0.2) is 43.1 Å². The van der Waals surface area contributed by atoms with Gasteiger partial charge in [0.2, 0.25) is 5.91 Å². The number of carbonyl (C=O) groups is 2. The number of nitrogens with zero attached hydrogens (tertiary/aromatic N) is 1. The normalized spacial score (nSPS) is 15.8. The number of nitrogens with one attached hydrogen (secondary N) is 2. The number of ether oxygens (including phenoxy) is 1. The highest BCUT2D eigenvalue weighted by atomic mass is 16.5. The molecule has 0 aliphatic carbocycles. The van der Waals surface area contributed by atoms with E-state index in [0.29, 0.717) is 19.5 Å². The van der Waals surface area contributed by atoms with Gasteiger partial charge in [0.15, 0.2) is 0 Å². The highest BCUT2D eigenvalue weighted by Crippen LogP contribution is 2.30. The predicted molar refractivity (Wildman–Crippen MR) is 110 cm³/mol. The zero-order valence-corrected chi connectivity index (χ0v) is 16.0. The van der Waals surface area contributed by atoms with E-state index < -0.39 is 6.04 Å². The molecule has 0 spiro atoms. The Hall–Kier alpha value is -3.28. The number of methoxy groups -OCH3 is 1. The molecule has 1 heterocycles. The number of carbonyl (C=O) groups excluding carboxylic acids is 2. The second-order valence-corrected chi connectivity index (χ2v) is 6.59. The average Bonchev–Trinajstić information content (AvgIpc) is 3.23. The minimum Gasteiger partial charge on any atom is -0.497 e. The zero-order chi connectivity index (χ0) is 19.9. The minimum absolute atomic E-state index is 0.174. The standard InChI is InChI=1S/C22H25N3O3/c1-3-14-23-22(27)25-15-6-9-20(25)21(26)24-19-8-5-4-7-18(19)16-10-12-17(28-2)13-11-16/h3-5,7-8,10-13,20H,1,6,9,14-15H2,2H3,(H,23,27)(H,24,26)/t20-/m1/s1. The van der Waals surface area contributed by atoms with Gasteiger partial charge in [0.25, 0.3) is 0 Å². The van der Waals surface area contributed by atoms with Gasteiger partial charge in [-0.05, 0) is 36.6 Å². The third-order valence-corrected chi connectivity index (χ3v) is 4.80. The SMILES string of the molecule is C=CCNC(=O)N1CCC[C@@H]1C(=O)Nc1ccccc1-c1ccc(OC)cc1. The van der Waals surface area contributed by atoms with E-state index in [4.69, 9.17) is 4.74 Å². The van der Waals surface area contributed by atoms with E-state index in [1.54, 1.807) is 18.1 Å². The molecule has 1 fully saturated rings. The second kappa shape index (κ2) is 9.08. The van der Waals surface area contributed by atoms with Crippen LogP contribution in [0.2, 0.25) is 0 Å². The fourth-order valence-corrected chi connectivity index (χ4v) is 3.37. The summed E-state index contributed by atoms with van der Waals surface area (Å²) in [6, 6.07) is 14.6. The van der Waals surface area contributed by atoms with Crippen molar-refractivity contribution >= 4 is 17.6 Å². The van der Waals surface area contributed by atoms with Crippen molar-refractivity contribution in [1.82, 2.24) is 10.2 Å². The molecular weight excluding hydrogens is 354 g/mol. The first-order valence-corrected chi connectivity index (χ1v) is 9.33. The molecule has 0 saturated carbocycles. The summed E-state index contributed by atoms with van der Waals surface area (Å²) >= 11 is 0. The molecule has 6 nitrogen and oxygen atoms in total. The maximum Gasteiger partial charge on any atom is 0.318 e. The van der Waals surface area contributed by atoms with Crippen LogP contribution in [0, 0.1) is 0 Å². The molecule has 1 saturated heterocycles. The Kier molecular flexibility index (Phi) is 6.32. The lowest BCUT2D eigenvalue weighted by atomic mass is 10.0. The molecule has 146 valence electrons. The largest absolute Gasteiger partial charge is 0.497 e. The van der Waals surface area contributed by atoms with Crippen molar-refractivity contribution in [2.45, 2.75) is 18.9 Å². The van der Waals surface area contributed by atoms with Crippen molar-refractivity contribution in [2.24, 2.45) is 0 Å². The lowest BCUT2D eigenvalue weighted by Crippen LogP contribution is -2.47. The smallest absolute Gasteiger partial charge is 0.318 e. The van der Waals surface area contributed by atoms with Gasteiger partial charge in [-0.1, -0.05) is 36.4 Å². The van der Waals surface area contributed by atoms with Gasteiger partial charge in [0, 0.05) is 24.3 Å². The Labute approximate surface area is 165 Å². The van der Waals surface area contributed by atoms with E-state index in [0.717, 1.165) is 29.0 Å². The summed E-state index contributed by atoms with van der Waals surface area (Å²) in [4.78, 5) is 26.8. The summed E-state index contributed by atoms with van der Waals surface area (Å²) in [6.07, 6.45) is 3.08. The minimum atomic E-state index is -0.478. The maximum absolute atomic E-state index is 12.9. The maximum atomic E-state index is 12.9. The molecule has 6 heteroatoms. The number of anilines is 1. The van der Waals surface area contributed by atoms with Gasteiger partial charge in [-0.25, -0.2) is 4.79 Å². The molecule has 0 radical (unpaired) electrons. The Morgan fingerprint density at radius 3 is 2.68 bits per heavy atom. The summed E-state index contributed by atoms with van der Waals surface area (Å²) < 4.78 is 5.21. The summed E-state index contributed by atoms with van der Waals surface area (Å²) in [7, 11) is 1.63. The number of amides is 3. The zero-order valence-electron chi connectivity index (χ0n) is 16.0. The van der Waals surface area contributed by atoms with Gasteiger partial charge < -0.3 is 20.3 Å². The van der Waals surface area contributed by atoms with Crippen molar-refractivity contribution in [3.05, 3.63) is 61.2 Å². The summed E-state index contributed by atoms with van der Waals surface area (Å²) in [5.41, 5.74) is 2.61. The summed E-state index contributed by atoms with van der Waals surface area (Å²) in [5.74, 6) is 0.601. The predicted octanol–water partition coefficient (Wildman–Crippen LogP) is 3.66. The molecule has 0 aromatic heterocycles. The highest BCUT2D eigenvalue weighted by molar-refractivity contribution is 6.00. The highest BCUT2D eigenvalue weighted by Gasteiger charge is 2.34. The third kappa shape index (κ3) is 4.34. The molecule has 1 atom stereocenters. The quantitative estimate of drug-likeness (QED) is 0.753. The van der Waals surface area contributed by atoms with Gasteiger partial charge in [0.05, 0.1) is 7.11 Å². The van der Waals surface area contributed by atoms with E-state index in [-0.39, 0.29) is 11.9 Å².